The molecule has 1 aliphatic rings. The van der Waals surface area contributed by atoms with E-state index in [1.807, 2.05) is 32.0 Å². The van der Waals surface area contributed by atoms with Gasteiger partial charge < -0.3 is 20.1 Å². The lowest BCUT2D eigenvalue weighted by molar-refractivity contribution is -0.156. The summed E-state index contributed by atoms with van der Waals surface area (Å²) in [6.07, 6.45) is 7.21. The number of Topliss-reactive ketones (excluding diaryl/α,β-unsaturated/α-hetero) is 1. The summed E-state index contributed by atoms with van der Waals surface area (Å²) in [5.41, 5.74) is 1.31. The Bertz CT molecular complexity index is 1210. The Morgan fingerprint density at radius 1 is 1.26 bits per heavy atom. The number of benzene rings is 1. The first-order valence-corrected chi connectivity index (χ1v) is 14.0. The number of terminal acetylenes is 1. The molecule has 0 spiro atoms. The monoisotopic (exact) mass is 541 g/mol. The van der Waals surface area contributed by atoms with Gasteiger partial charge in [-0.1, -0.05) is 38.5 Å². The molecule has 1 aromatic heterocycles. The Hall–Kier alpha value is -2.57. The third kappa shape index (κ3) is 7.09. The van der Waals surface area contributed by atoms with Crippen molar-refractivity contribution >= 4 is 33.3 Å². The predicted molar refractivity (Wildman–Crippen MR) is 148 cm³/mol. The molecule has 0 radical (unpaired) electrons. The molecular formula is C30H39NO6S. The zero-order valence-electron chi connectivity index (χ0n) is 22.6. The number of thiazole rings is 1. The van der Waals surface area contributed by atoms with Crippen molar-refractivity contribution in [3.63, 3.8) is 0 Å². The standard InChI is InChI=1S/C30H39NO6S/c1-6-8-21-28(35)19(3)10-7-9-18(2)11-13-23(37-27(34)16-25(33)30(4,5)29(21)36)20-12-14-24-22(15-20)31-26(17-32)38-24/h1,11-12,14-15,19,21,23,25,28,32-33,35H,7-10,13,16-17H2,2-5H3/b18-11-/t19-,21+,23-,25-,28-/m0/s1. The Morgan fingerprint density at radius 3 is 2.68 bits per heavy atom. The number of aromatic nitrogens is 1. The molecule has 0 bridgehead atoms. The van der Waals surface area contributed by atoms with Gasteiger partial charge in [0.15, 0.2) is 0 Å². The van der Waals surface area contributed by atoms with Gasteiger partial charge in [-0.15, -0.1) is 23.7 Å². The molecule has 2 aromatic rings. The van der Waals surface area contributed by atoms with Crippen molar-refractivity contribution in [3.8, 4) is 12.3 Å². The Morgan fingerprint density at radius 2 is 2.00 bits per heavy atom. The molecule has 38 heavy (non-hydrogen) atoms. The number of hydrogen-bond donors (Lipinski definition) is 3. The third-order valence-corrected chi connectivity index (χ3v) is 8.67. The summed E-state index contributed by atoms with van der Waals surface area (Å²) in [5, 5.41) is 32.1. The van der Waals surface area contributed by atoms with Crippen LogP contribution in [0.4, 0.5) is 0 Å². The quantitative estimate of drug-likeness (QED) is 0.288. The van der Waals surface area contributed by atoms with Gasteiger partial charge in [0, 0.05) is 12.8 Å². The van der Waals surface area contributed by atoms with E-state index in [1.165, 1.54) is 11.3 Å². The highest BCUT2D eigenvalue weighted by Crippen LogP contribution is 2.35. The molecule has 1 aromatic carbocycles. The van der Waals surface area contributed by atoms with Gasteiger partial charge in [-0.25, -0.2) is 4.98 Å². The second-order valence-electron chi connectivity index (χ2n) is 10.9. The number of aliphatic hydroxyl groups is 3. The van der Waals surface area contributed by atoms with Gasteiger partial charge >= 0.3 is 5.97 Å². The SMILES string of the molecule is C#CC[C@H]1C(=O)C(C)(C)[C@@H](O)CC(=O)O[C@H](c2ccc3sc(CO)nc3c2)C/C=C(/C)CCC[C@H](C)[C@@H]1O. The van der Waals surface area contributed by atoms with Gasteiger partial charge in [0.05, 0.1) is 46.8 Å². The van der Waals surface area contributed by atoms with Gasteiger partial charge in [-0.3, -0.25) is 9.59 Å². The summed E-state index contributed by atoms with van der Waals surface area (Å²) in [6.45, 7) is 6.96. The minimum atomic E-state index is -1.32. The molecule has 2 heterocycles. The highest BCUT2D eigenvalue weighted by atomic mass is 32.1. The molecule has 8 heteroatoms. The average molecular weight is 542 g/mol. The lowest BCUT2D eigenvalue weighted by Gasteiger charge is -2.35. The molecule has 5 atom stereocenters. The van der Waals surface area contributed by atoms with Crippen LogP contribution in [0.3, 0.4) is 0 Å². The van der Waals surface area contributed by atoms with Crippen LogP contribution in [0.1, 0.15) is 82.9 Å². The van der Waals surface area contributed by atoms with Crippen molar-refractivity contribution in [2.45, 2.75) is 91.1 Å². The molecule has 0 unspecified atom stereocenters. The molecular weight excluding hydrogens is 502 g/mol. The van der Waals surface area contributed by atoms with Crippen molar-refractivity contribution in [2.75, 3.05) is 0 Å². The Kier molecular flexibility index (Phi) is 10.2. The normalized spacial score (nSPS) is 29.3. The largest absolute Gasteiger partial charge is 0.457 e. The van der Waals surface area contributed by atoms with Crippen LogP contribution < -0.4 is 0 Å². The summed E-state index contributed by atoms with van der Waals surface area (Å²) >= 11 is 1.41. The van der Waals surface area contributed by atoms with Crippen molar-refractivity contribution in [1.29, 1.82) is 0 Å². The fourth-order valence-corrected chi connectivity index (χ4v) is 5.76. The lowest BCUT2D eigenvalue weighted by atomic mass is 9.71. The van der Waals surface area contributed by atoms with E-state index in [1.54, 1.807) is 13.8 Å². The van der Waals surface area contributed by atoms with Gasteiger partial charge in [0.1, 0.15) is 16.9 Å². The van der Waals surface area contributed by atoms with E-state index in [0.29, 0.717) is 11.4 Å². The number of aliphatic hydroxyl groups excluding tert-OH is 3. The van der Waals surface area contributed by atoms with Gasteiger partial charge in [0.25, 0.3) is 0 Å². The number of carbonyl (C=O) groups is 2. The summed E-state index contributed by atoms with van der Waals surface area (Å²) in [5.74, 6) is 0.529. The van der Waals surface area contributed by atoms with Crippen LogP contribution in [0.25, 0.3) is 10.2 Å². The number of fused-ring (bicyclic) bond motifs is 1. The fraction of sp³-hybridized carbons (Fsp3) is 0.567. The maximum absolute atomic E-state index is 13.5. The van der Waals surface area contributed by atoms with E-state index in [0.717, 1.165) is 40.6 Å². The highest BCUT2D eigenvalue weighted by Gasteiger charge is 2.43. The maximum Gasteiger partial charge on any atom is 0.309 e. The van der Waals surface area contributed by atoms with Gasteiger partial charge in [-0.2, -0.15) is 0 Å². The molecule has 1 aliphatic heterocycles. The number of ether oxygens (including phenoxy) is 1. The zero-order valence-corrected chi connectivity index (χ0v) is 23.5. The Balaban J connectivity index is 1.94. The van der Waals surface area contributed by atoms with Crippen LogP contribution in [0.15, 0.2) is 29.8 Å². The summed E-state index contributed by atoms with van der Waals surface area (Å²) in [6, 6.07) is 5.65. The zero-order chi connectivity index (χ0) is 28.0. The summed E-state index contributed by atoms with van der Waals surface area (Å²) in [4.78, 5) is 31.0. The number of carbonyl (C=O) groups excluding carboxylic acids is 2. The maximum atomic E-state index is 13.5. The first-order valence-electron chi connectivity index (χ1n) is 13.2. The minimum absolute atomic E-state index is 0.0586. The minimum Gasteiger partial charge on any atom is -0.457 e. The van der Waals surface area contributed by atoms with Crippen LogP contribution in [0.5, 0.6) is 0 Å². The molecule has 7 nitrogen and oxygen atoms in total. The smallest absolute Gasteiger partial charge is 0.309 e. The number of rotatable bonds is 3. The number of ketones is 1. The van der Waals surface area contributed by atoms with Crippen molar-refractivity contribution in [2.24, 2.45) is 17.3 Å². The van der Waals surface area contributed by atoms with Crippen LogP contribution in [-0.2, 0) is 20.9 Å². The van der Waals surface area contributed by atoms with E-state index >= 15 is 0 Å². The number of hydrogen-bond acceptors (Lipinski definition) is 8. The van der Waals surface area contributed by atoms with Crippen LogP contribution in [0.2, 0.25) is 0 Å². The molecule has 206 valence electrons. The third-order valence-electron chi connectivity index (χ3n) is 7.65. The molecule has 3 N–H and O–H groups in total. The fourth-order valence-electron chi connectivity index (χ4n) is 4.95. The van der Waals surface area contributed by atoms with E-state index < -0.39 is 35.6 Å². The number of cyclic esters (lactones) is 1. The van der Waals surface area contributed by atoms with Crippen molar-refractivity contribution in [1.82, 2.24) is 4.98 Å². The van der Waals surface area contributed by atoms with Crippen LogP contribution in [0, 0.1) is 29.6 Å². The van der Waals surface area contributed by atoms with Crippen LogP contribution in [-0.4, -0.2) is 44.3 Å². The number of allylic oxidation sites excluding steroid dienone is 1. The number of esters is 1. The molecule has 0 aliphatic carbocycles. The molecule has 0 saturated carbocycles. The van der Waals surface area contributed by atoms with E-state index in [9.17, 15) is 24.9 Å². The first-order chi connectivity index (χ1) is 18.0. The second kappa shape index (κ2) is 13.0. The van der Waals surface area contributed by atoms with Crippen molar-refractivity contribution in [3.05, 3.63) is 40.4 Å². The topological polar surface area (TPSA) is 117 Å². The van der Waals surface area contributed by atoms with Crippen LogP contribution >= 0.6 is 11.3 Å². The predicted octanol–water partition coefficient (Wildman–Crippen LogP) is 4.88. The van der Waals surface area contributed by atoms with Gasteiger partial charge in [0.2, 0.25) is 0 Å². The van der Waals surface area contributed by atoms with E-state index in [4.69, 9.17) is 11.2 Å². The average Bonchev–Trinajstić information content (AvgIpc) is 3.30. The summed E-state index contributed by atoms with van der Waals surface area (Å²) in [7, 11) is 0. The molecule has 0 amide bonds. The Labute approximate surface area is 228 Å². The molecule has 3 rings (SSSR count). The van der Waals surface area contributed by atoms with Gasteiger partial charge in [-0.05, 0) is 49.8 Å². The van der Waals surface area contributed by atoms with E-state index in [-0.39, 0.29) is 31.1 Å². The molecule has 0 saturated heterocycles. The second-order valence-corrected chi connectivity index (χ2v) is 12.1. The first kappa shape index (κ1) is 30.0. The van der Waals surface area contributed by atoms with Crippen molar-refractivity contribution < 1.29 is 29.6 Å². The van der Waals surface area contributed by atoms with E-state index in [2.05, 4.69) is 17.0 Å². The lowest BCUT2D eigenvalue weighted by Crippen LogP contribution is -2.46. The highest BCUT2D eigenvalue weighted by molar-refractivity contribution is 7.18. The number of nitrogens with zero attached hydrogens (tertiary/aromatic N) is 1. The molecule has 0 fully saturated rings. The summed E-state index contributed by atoms with van der Waals surface area (Å²) < 4.78 is 6.80.